The molecule has 1 fully saturated rings. The van der Waals surface area contributed by atoms with Gasteiger partial charge in [0, 0.05) is 25.4 Å². The van der Waals surface area contributed by atoms with Crippen LogP contribution < -0.4 is 15.2 Å². The third-order valence-corrected chi connectivity index (χ3v) is 6.29. The standard InChI is InChI=1S/C26H31N7O3/c1-34-13-14-36-25-30-23(27)22-24(31-25)33(26(29-22)35-2)17-19-7-10-21(28-15-19)20-8-5-18(6-9-20)16-32-11-3-4-12-32/h5-10,15H,3-4,11-14,16-17H2,1-2H3,(H2,27,30,31). The number of likely N-dealkylation sites (tertiary alicyclic amines) is 1. The van der Waals surface area contributed by atoms with Gasteiger partial charge in [-0.25, -0.2) is 0 Å². The first-order chi connectivity index (χ1) is 17.6. The fraction of sp³-hybridized carbons (Fsp3) is 0.385. The van der Waals surface area contributed by atoms with E-state index in [0.29, 0.717) is 36.9 Å². The molecule has 0 atom stereocenters. The van der Waals surface area contributed by atoms with Crippen LogP contribution >= 0.6 is 0 Å². The summed E-state index contributed by atoms with van der Waals surface area (Å²) in [7, 11) is 3.16. The summed E-state index contributed by atoms with van der Waals surface area (Å²) >= 11 is 0. The number of methoxy groups -OCH3 is 2. The molecule has 4 aromatic rings. The van der Waals surface area contributed by atoms with E-state index in [1.54, 1.807) is 14.2 Å². The van der Waals surface area contributed by atoms with Gasteiger partial charge in [-0.05, 0) is 43.1 Å². The van der Waals surface area contributed by atoms with Crippen molar-refractivity contribution in [3.8, 4) is 23.3 Å². The molecular weight excluding hydrogens is 458 g/mol. The number of hydrogen-bond donors (Lipinski definition) is 1. The molecule has 1 aliphatic rings. The van der Waals surface area contributed by atoms with E-state index in [2.05, 4.69) is 44.1 Å². The zero-order chi connectivity index (χ0) is 24.9. The lowest BCUT2D eigenvalue weighted by molar-refractivity contribution is 0.141. The first-order valence-corrected chi connectivity index (χ1v) is 12.1. The molecule has 1 aliphatic heterocycles. The number of hydrogen-bond acceptors (Lipinski definition) is 9. The summed E-state index contributed by atoms with van der Waals surface area (Å²) in [5.41, 5.74) is 11.4. The van der Waals surface area contributed by atoms with Crippen LogP contribution in [0.15, 0.2) is 42.6 Å². The van der Waals surface area contributed by atoms with Gasteiger partial charge in [-0.2, -0.15) is 15.0 Å². The fourth-order valence-electron chi connectivity index (χ4n) is 4.41. The number of nitrogen functional groups attached to an aromatic ring is 1. The van der Waals surface area contributed by atoms with Crippen molar-refractivity contribution < 1.29 is 14.2 Å². The van der Waals surface area contributed by atoms with Gasteiger partial charge in [0.25, 0.3) is 6.01 Å². The van der Waals surface area contributed by atoms with E-state index in [0.717, 1.165) is 23.4 Å². The van der Waals surface area contributed by atoms with E-state index < -0.39 is 0 Å². The van der Waals surface area contributed by atoms with Crippen LogP contribution in [-0.4, -0.2) is 69.9 Å². The molecule has 0 aliphatic carbocycles. The number of fused-ring (bicyclic) bond motifs is 1. The van der Waals surface area contributed by atoms with Gasteiger partial charge >= 0.3 is 6.01 Å². The molecule has 0 spiro atoms. The maximum Gasteiger partial charge on any atom is 0.320 e. The summed E-state index contributed by atoms with van der Waals surface area (Å²) in [4.78, 5) is 20.4. The summed E-state index contributed by atoms with van der Waals surface area (Å²) < 4.78 is 17.9. The van der Waals surface area contributed by atoms with E-state index in [4.69, 9.17) is 24.9 Å². The number of rotatable bonds is 10. The second-order valence-electron chi connectivity index (χ2n) is 8.82. The van der Waals surface area contributed by atoms with Crippen molar-refractivity contribution in [1.82, 2.24) is 29.4 Å². The Morgan fingerprint density at radius 1 is 0.889 bits per heavy atom. The van der Waals surface area contributed by atoms with Crippen LogP contribution in [0.2, 0.25) is 0 Å². The van der Waals surface area contributed by atoms with Crippen LogP contribution in [0.25, 0.3) is 22.4 Å². The van der Waals surface area contributed by atoms with Gasteiger partial charge in [-0.3, -0.25) is 14.5 Å². The number of aromatic nitrogens is 5. The normalized spacial score (nSPS) is 13.9. The van der Waals surface area contributed by atoms with E-state index in [-0.39, 0.29) is 11.8 Å². The Hall–Kier alpha value is -3.76. The van der Waals surface area contributed by atoms with E-state index in [9.17, 15) is 0 Å². The van der Waals surface area contributed by atoms with Crippen molar-refractivity contribution in [2.75, 3.05) is 46.3 Å². The highest BCUT2D eigenvalue weighted by Crippen LogP contribution is 2.27. The zero-order valence-corrected chi connectivity index (χ0v) is 20.7. The van der Waals surface area contributed by atoms with Gasteiger partial charge in [-0.1, -0.05) is 30.3 Å². The molecule has 188 valence electrons. The quantitative estimate of drug-likeness (QED) is 0.336. The molecule has 0 saturated carbocycles. The number of nitrogens with zero attached hydrogens (tertiary/aromatic N) is 6. The molecule has 5 rings (SSSR count). The van der Waals surface area contributed by atoms with Crippen molar-refractivity contribution >= 4 is 17.0 Å². The molecular formula is C26H31N7O3. The van der Waals surface area contributed by atoms with Gasteiger partial charge in [0.1, 0.15) is 6.61 Å². The Bertz CT molecular complexity index is 1300. The molecule has 10 heteroatoms. The SMILES string of the molecule is COCCOc1nc(N)c2nc(OC)n(Cc3ccc(-c4ccc(CN5CCCC5)cc4)nc3)c2n1. The van der Waals surface area contributed by atoms with Gasteiger partial charge in [0.2, 0.25) is 0 Å². The van der Waals surface area contributed by atoms with Crippen LogP contribution in [0.4, 0.5) is 5.82 Å². The Balaban J connectivity index is 1.34. The second kappa shape index (κ2) is 10.9. The van der Waals surface area contributed by atoms with Crippen LogP contribution in [0.3, 0.4) is 0 Å². The molecule has 0 unspecified atom stereocenters. The molecule has 3 aromatic heterocycles. The summed E-state index contributed by atoms with van der Waals surface area (Å²) in [5.74, 6) is 0.228. The number of nitrogens with two attached hydrogens (primary N) is 1. The van der Waals surface area contributed by atoms with Crippen LogP contribution in [0, 0.1) is 0 Å². The van der Waals surface area contributed by atoms with Gasteiger partial charge < -0.3 is 19.9 Å². The minimum absolute atomic E-state index is 0.169. The average Bonchev–Trinajstić information content (AvgIpc) is 3.53. The van der Waals surface area contributed by atoms with Crippen molar-refractivity contribution in [3.05, 3.63) is 53.7 Å². The van der Waals surface area contributed by atoms with Gasteiger partial charge in [0.05, 0.1) is 26.0 Å². The monoisotopic (exact) mass is 489 g/mol. The molecule has 2 N–H and O–H groups in total. The molecule has 0 radical (unpaired) electrons. The lowest BCUT2D eigenvalue weighted by atomic mass is 10.1. The molecule has 10 nitrogen and oxygen atoms in total. The van der Waals surface area contributed by atoms with Crippen molar-refractivity contribution in [2.45, 2.75) is 25.9 Å². The van der Waals surface area contributed by atoms with Crippen molar-refractivity contribution in [2.24, 2.45) is 0 Å². The summed E-state index contributed by atoms with van der Waals surface area (Å²) in [5, 5.41) is 0. The Labute approximate surface area is 210 Å². The van der Waals surface area contributed by atoms with Crippen molar-refractivity contribution in [1.29, 1.82) is 0 Å². The Morgan fingerprint density at radius 3 is 2.36 bits per heavy atom. The van der Waals surface area contributed by atoms with Gasteiger partial charge in [-0.15, -0.1) is 0 Å². The van der Waals surface area contributed by atoms with E-state index >= 15 is 0 Å². The molecule has 36 heavy (non-hydrogen) atoms. The van der Waals surface area contributed by atoms with Crippen molar-refractivity contribution in [3.63, 3.8) is 0 Å². The highest BCUT2D eigenvalue weighted by Gasteiger charge is 2.18. The third kappa shape index (κ3) is 5.24. The fourth-order valence-corrected chi connectivity index (χ4v) is 4.41. The molecule has 0 bridgehead atoms. The molecule has 0 amide bonds. The largest absolute Gasteiger partial charge is 0.468 e. The Kier molecular flexibility index (Phi) is 7.24. The lowest BCUT2D eigenvalue weighted by Gasteiger charge is -2.14. The predicted octanol–water partition coefficient (Wildman–Crippen LogP) is 3.15. The maximum absolute atomic E-state index is 6.12. The number of pyridine rings is 1. The predicted molar refractivity (Wildman–Crippen MR) is 137 cm³/mol. The minimum Gasteiger partial charge on any atom is -0.468 e. The molecule has 1 aromatic carbocycles. The average molecular weight is 490 g/mol. The molecule has 4 heterocycles. The Morgan fingerprint density at radius 2 is 1.67 bits per heavy atom. The first kappa shape index (κ1) is 24.0. The summed E-state index contributed by atoms with van der Waals surface area (Å²) in [6.07, 6.45) is 4.47. The minimum atomic E-state index is 0.169. The second-order valence-corrected chi connectivity index (χ2v) is 8.82. The smallest absolute Gasteiger partial charge is 0.320 e. The third-order valence-electron chi connectivity index (χ3n) is 6.29. The topological polar surface area (TPSA) is 113 Å². The molecule has 1 saturated heterocycles. The first-order valence-electron chi connectivity index (χ1n) is 12.1. The lowest BCUT2D eigenvalue weighted by Crippen LogP contribution is -2.18. The van der Waals surface area contributed by atoms with Crippen LogP contribution in [0.5, 0.6) is 12.0 Å². The van der Waals surface area contributed by atoms with Gasteiger partial charge in [0.15, 0.2) is 17.0 Å². The highest BCUT2D eigenvalue weighted by molar-refractivity contribution is 5.83. The highest BCUT2D eigenvalue weighted by atomic mass is 16.5. The van der Waals surface area contributed by atoms with E-state index in [1.165, 1.54) is 31.5 Å². The number of ether oxygens (including phenoxy) is 3. The number of benzene rings is 1. The summed E-state index contributed by atoms with van der Waals surface area (Å²) in [6.45, 7) is 4.60. The number of imidazole rings is 1. The number of anilines is 1. The zero-order valence-electron chi connectivity index (χ0n) is 20.7. The maximum atomic E-state index is 6.12. The van der Waals surface area contributed by atoms with Crippen LogP contribution in [0.1, 0.15) is 24.0 Å². The van der Waals surface area contributed by atoms with E-state index in [1.807, 2.05) is 22.9 Å². The summed E-state index contributed by atoms with van der Waals surface area (Å²) in [6, 6.07) is 13.3. The van der Waals surface area contributed by atoms with Crippen LogP contribution in [-0.2, 0) is 17.8 Å².